The Morgan fingerprint density at radius 1 is 0.889 bits per heavy atom. The Balaban J connectivity index is 1.20. The topological polar surface area (TPSA) is 79.4 Å². The Hall–Kier alpha value is -4.01. The number of amides is 1. The molecule has 1 aliphatic heterocycles. The van der Waals surface area contributed by atoms with Crippen LogP contribution in [0.15, 0.2) is 102 Å². The van der Waals surface area contributed by atoms with E-state index in [1.54, 1.807) is 23.5 Å². The molecule has 0 spiro atoms. The number of carbonyl (C=O) groups is 1. The monoisotopic (exact) mass is 511 g/mol. The molecular formula is C28H21N3O3S2. The lowest BCUT2D eigenvalue weighted by molar-refractivity contribution is 0.102. The van der Waals surface area contributed by atoms with Gasteiger partial charge in [-0.05, 0) is 66.6 Å². The molecule has 0 fully saturated rings. The number of thiazole rings is 1. The molecule has 0 saturated heterocycles. The number of aromatic nitrogens is 1. The zero-order valence-corrected chi connectivity index (χ0v) is 20.7. The lowest BCUT2D eigenvalue weighted by atomic mass is 10.2. The predicted molar refractivity (Wildman–Crippen MR) is 144 cm³/mol. The van der Waals surface area contributed by atoms with E-state index in [-0.39, 0.29) is 10.8 Å². The third-order valence-electron chi connectivity index (χ3n) is 6.21. The minimum absolute atomic E-state index is 0.161. The van der Waals surface area contributed by atoms with E-state index in [1.807, 2.05) is 72.8 Å². The fourth-order valence-electron chi connectivity index (χ4n) is 4.39. The first kappa shape index (κ1) is 22.5. The Labute approximate surface area is 212 Å². The van der Waals surface area contributed by atoms with Crippen LogP contribution in [0, 0.1) is 0 Å². The van der Waals surface area contributed by atoms with Crippen molar-refractivity contribution in [2.45, 2.75) is 11.3 Å². The molecule has 1 amide bonds. The number of sulfonamides is 1. The molecule has 0 bridgehead atoms. The van der Waals surface area contributed by atoms with Crippen molar-refractivity contribution < 1.29 is 13.2 Å². The van der Waals surface area contributed by atoms with Crippen LogP contribution in [0.2, 0.25) is 0 Å². The molecule has 1 aliphatic rings. The van der Waals surface area contributed by atoms with Gasteiger partial charge in [-0.2, -0.15) is 0 Å². The van der Waals surface area contributed by atoms with Crippen LogP contribution in [0.3, 0.4) is 0 Å². The number of hydrogen-bond donors (Lipinski definition) is 1. The van der Waals surface area contributed by atoms with Gasteiger partial charge < -0.3 is 5.32 Å². The van der Waals surface area contributed by atoms with E-state index < -0.39 is 10.0 Å². The molecule has 0 saturated carbocycles. The van der Waals surface area contributed by atoms with Crippen LogP contribution in [0.5, 0.6) is 0 Å². The van der Waals surface area contributed by atoms with E-state index >= 15 is 0 Å². The number of benzene rings is 4. The van der Waals surface area contributed by atoms with Gasteiger partial charge >= 0.3 is 0 Å². The number of anilines is 2. The summed E-state index contributed by atoms with van der Waals surface area (Å²) in [5.74, 6) is -0.313. The molecule has 0 atom stereocenters. The van der Waals surface area contributed by atoms with Gasteiger partial charge in [-0.25, -0.2) is 13.4 Å². The molecular weight excluding hydrogens is 490 g/mol. The van der Waals surface area contributed by atoms with Crippen LogP contribution < -0.4 is 9.62 Å². The number of nitrogens with zero attached hydrogens (tertiary/aromatic N) is 2. The highest BCUT2D eigenvalue weighted by molar-refractivity contribution is 7.92. The van der Waals surface area contributed by atoms with Crippen LogP contribution in [0.4, 0.5) is 11.4 Å². The van der Waals surface area contributed by atoms with Gasteiger partial charge in [0, 0.05) is 23.4 Å². The summed E-state index contributed by atoms with van der Waals surface area (Å²) in [6.45, 7) is 0.412. The molecule has 6 nitrogen and oxygen atoms in total. The largest absolute Gasteiger partial charge is 0.322 e. The first-order chi connectivity index (χ1) is 17.5. The number of rotatable bonds is 5. The van der Waals surface area contributed by atoms with E-state index in [0.29, 0.717) is 29.9 Å². The SMILES string of the molecule is O=C(Nc1cccc(-c2nc3ccccc3s2)c1)c1ccc(S(=O)(=O)N2CCc3ccccc32)cc1. The molecule has 2 heterocycles. The summed E-state index contributed by atoms with van der Waals surface area (Å²) in [4.78, 5) is 17.7. The van der Waals surface area contributed by atoms with E-state index in [4.69, 9.17) is 0 Å². The summed E-state index contributed by atoms with van der Waals surface area (Å²) in [5, 5.41) is 3.79. The van der Waals surface area contributed by atoms with Gasteiger partial charge in [-0.3, -0.25) is 9.10 Å². The van der Waals surface area contributed by atoms with E-state index in [9.17, 15) is 13.2 Å². The maximum Gasteiger partial charge on any atom is 0.264 e. The zero-order chi connectivity index (χ0) is 24.7. The van der Waals surface area contributed by atoms with Crippen molar-refractivity contribution >= 4 is 48.9 Å². The lowest BCUT2D eigenvalue weighted by Gasteiger charge is -2.19. The van der Waals surface area contributed by atoms with Crippen molar-refractivity contribution in [3.05, 3.63) is 108 Å². The molecule has 8 heteroatoms. The summed E-state index contributed by atoms with van der Waals surface area (Å²) < 4.78 is 29.0. The van der Waals surface area contributed by atoms with E-state index in [2.05, 4.69) is 10.3 Å². The quantitative estimate of drug-likeness (QED) is 0.315. The molecule has 6 rings (SSSR count). The van der Waals surface area contributed by atoms with Crippen molar-refractivity contribution in [3.63, 3.8) is 0 Å². The predicted octanol–water partition coefficient (Wildman–Crippen LogP) is 5.97. The highest BCUT2D eigenvalue weighted by atomic mass is 32.2. The van der Waals surface area contributed by atoms with Crippen molar-refractivity contribution in [1.29, 1.82) is 0 Å². The number of nitrogens with one attached hydrogen (secondary N) is 1. The van der Waals surface area contributed by atoms with Crippen LogP contribution >= 0.6 is 11.3 Å². The molecule has 1 aromatic heterocycles. The number of fused-ring (bicyclic) bond motifs is 2. The first-order valence-electron chi connectivity index (χ1n) is 11.5. The number of para-hydroxylation sites is 2. The highest BCUT2D eigenvalue weighted by Crippen LogP contribution is 2.33. The van der Waals surface area contributed by atoms with Crippen molar-refractivity contribution in [2.24, 2.45) is 0 Å². The highest BCUT2D eigenvalue weighted by Gasteiger charge is 2.30. The standard InChI is InChI=1S/C28H21N3O3S2/c32-27(29-22-8-5-7-21(18-22)28-30-24-9-2-4-11-26(24)35-28)20-12-14-23(15-13-20)36(33,34)31-17-16-19-6-1-3-10-25(19)31/h1-15,18H,16-17H2,(H,29,32). The van der Waals surface area contributed by atoms with Gasteiger partial charge in [0.25, 0.3) is 15.9 Å². The Morgan fingerprint density at radius 3 is 2.50 bits per heavy atom. The summed E-state index contributed by atoms with van der Waals surface area (Å²) >= 11 is 1.60. The lowest BCUT2D eigenvalue weighted by Crippen LogP contribution is -2.29. The smallest absolute Gasteiger partial charge is 0.264 e. The van der Waals surface area contributed by atoms with E-state index in [0.717, 1.165) is 26.4 Å². The molecule has 0 radical (unpaired) electrons. The number of hydrogen-bond acceptors (Lipinski definition) is 5. The minimum atomic E-state index is -3.71. The van der Waals surface area contributed by atoms with Crippen molar-refractivity contribution in [2.75, 3.05) is 16.2 Å². The zero-order valence-electron chi connectivity index (χ0n) is 19.1. The molecule has 5 aromatic rings. The van der Waals surface area contributed by atoms with Crippen LogP contribution in [-0.4, -0.2) is 25.9 Å². The third kappa shape index (κ3) is 4.04. The Kier molecular flexibility index (Phi) is 5.55. The van der Waals surface area contributed by atoms with Gasteiger partial charge in [-0.1, -0.05) is 42.5 Å². The maximum absolute atomic E-state index is 13.2. The number of carbonyl (C=O) groups excluding carboxylic acids is 1. The van der Waals surface area contributed by atoms with Crippen molar-refractivity contribution in [1.82, 2.24) is 4.98 Å². The van der Waals surface area contributed by atoms with E-state index in [1.165, 1.54) is 16.4 Å². The minimum Gasteiger partial charge on any atom is -0.322 e. The summed E-state index contributed by atoms with van der Waals surface area (Å²) in [6.07, 6.45) is 0.686. The Bertz CT molecular complexity index is 1680. The molecule has 4 aromatic carbocycles. The van der Waals surface area contributed by atoms with Gasteiger partial charge in [0.15, 0.2) is 0 Å². The molecule has 36 heavy (non-hydrogen) atoms. The fourth-order valence-corrected chi connectivity index (χ4v) is 6.86. The molecule has 1 N–H and O–H groups in total. The average molecular weight is 512 g/mol. The Morgan fingerprint density at radius 2 is 1.67 bits per heavy atom. The fraction of sp³-hybridized carbons (Fsp3) is 0.0714. The van der Waals surface area contributed by atoms with Gasteiger partial charge in [0.2, 0.25) is 0 Å². The summed E-state index contributed by atoms with van der Waals surface area (Å²) in [5.41, 5.74) is 4.61. The first-order valence-corrected chi connectivity index (χ1v) is 13.7. The third-order valence-corrected chi connectivity index (χ3v) is 9.12. The van der Waals surface area contributed by atoms with Crippen LogP contribution in [0.25, 0.3) is 20.8 Å². The van der Waals surface area contributed by atoms with Crippen LogP contribution in [-0.2, 0) is 16.4 Å². The molecule has 0 unspecified atom stereocenters. The van der Waals surface area contributed by atoms with Gasteiger partial charge in [-0.15, -0.1) is 11.3 Å². The second-order valence-corrected chi connectivity index (χ2v) is 11.4. The van der Waals surface area contributed by atoms with Gasteiger partial charge in [0.05, 0.1) is 20.8 Å². The van der Waals surface area contributed by atoms with Crippen LogP contribution in [0.1, 0.15) is 15.9 Å². The summed E-state index contributed by atoms with van der Waals surface area (Å²) in [7, 11) is -3.71. The second kappa shape index (κ2) is 8.89. The molecule has 0 aliphatic carbocycles. The van der Waals surface area contributed by atoms with Crippen molar-refractivity contribution in [3.8, 4) is 10.6 Å². The normalized spacial score (nSPS) is 13.1. The maximum atomic E-state index is 13.2. The average Bonchev–Trinajstić information content (AvgIpc) is 3.54. The van der Waals surface area contributed by atoms with Gasteiger partial charge in [0.1, 0.15) is 5.01 Å². The second-order valence-electron chi connectivity index (χ2n) is 8.50. The summed E-state index contributed by atoms with van der Waals surface area (Å²) in [6, 6.07) is 29.1. The molecule has 178 valence electrons.